The zero-order chi connectivity index (χ0) is 5.86. The summed E-state index contributed by atoms with van der Waals surface area (Å²) in [5.74, 6) is -0.375. The van der Waals surface area contributed by atoms with Gasteiger partial charge in [-0.25, -0.2) is 0 Å². The van der Waals surface area contributed by atoms with E-state index in [0.29, 0.717) is 0 Å². The molecule has 0 aliphatic carbocycles. The fourth-order valence-corrected chi connectivity index (χ4v) is 0.286. The summed E-state index contributed by atoms with van der Waals surface area (Å²) in [7, 11) is 0. The van der Waals surface area contributed by atoms with Crippen LogP contribution < -0.4 is 34.7 Å². The van der Waals surface area contributed by atoms with Gasteiger partial charge < -0.3 is 16.1 Å². The molecule has 0 fully saturated rings. The van der Waals surface area contributed by atoms with Gasteiger partial charge in [-0.3, -0.25) is 4.79 Å². The Morgan fingerprint density at radius 2 is 1.60 bits per heavy atom. The minimum Gasteiger partial charge on any atom is -0.876 e. The van der Waals surface area contributed by atoms with Crippen LogP contribution in [0.25, 0.3) is 0 Å². The van der Waals surface area contributed by atoms with E-state index < -0.39 is 0 Å². The first-order chi connectivity index (χ1) is 3.13. The second-order valence-electron chi connectivity index (χ2n) is 1.37. The zero-order valence-corrected chi connectivity index (χ0v) is 8.39. The first kappa shape index (κ1) is 22.5. The van der Waals surface area contributed by atoms with Gasteiger partial charge in [-0.05, 0) is 13.0 Å². The predicted octanol–water partition coefficient (Wildman–Crippen LogP) is -4.81. The average molecular weight is 158 g/mol. The Hall–Kier alpha value is 0.130. The topological polar surface area (TPSA) is 103 Å². The molecule has 4 nitrogen and oxygen atoms in total. The normalized spacial score (nSPS) is 8.00. The van der Waals surface area contributed by atoms with E-state index in [4.69, 9.17) is 0 Å². The molecule has 0 amide bonds. The Labute approximate surface area is 81.8 Å². The maximum Gasteiger partial charge on any atom is 1.00 e. The summed E-state index contributed by atoms with van der Waals surface area (Å²) in [6.45, 7) is 2.70. The van der Waals surface area contributed by atoms with E-state index in [1.54, 1.807) is 0 Å². The summed E-state index contributed by atoms with van der Waals surface area (Å²) in [6, 6.07) is 0. The predicted molar refractivity (Wildman–Crippen MR) is 31.7 cm³/mol. The van der Waals surface area contributed by atoms with E-state index in [1.165, 1.54) is 13.8 Å². The Kier molecular flexibility index (Phi) is 26.7. The first-order valence-corrected chi connectivity index (χ1v) is 1.99. The van der Waals surface area contributed by atoms with Crippen molar-refractivity contribution in [2.45, 2.75) is 13.8 Å². The number of hydrogen-bond acceptors (Lipinski definition) is 2. The summed E-state index contributed by atoms with van der Waals surface area (Å²) >= 11 is 0. The van der Waals surface area contributed by atoms with Crippen LogP contribution in [-0.4, -0.2) is 16.7 Å². The second kappa shape index (κ2) is 11.9. The van der Waals surface area contributed by atoms with E-state index in [0.717, 1.165) is 6.08 Å². The van der Waals surface area contributed by atoms with Crippen LogP contribution in [0, 0.1) is 0 Å². The van der Waals surface area contributed by atoms with E-state index in [2.05, 4.69) is 0 Å². The molecule has 0 bridgehead atoms. The fraction of sp³-hybridized carbons (Fsp3) is 0.400. The molecule has 10 heavy (non-hydrogen) atoms. The maximum atomic E-state index is 9.98. The van der Waals surface area contributed by atoms with Crippen molar-refractivity contribution in [2.24, 2.45) is 0 Å². The van der Waals surface area contributed by atoms with Crippen molar-refractivity contribution < 1.29 is 50.4 Å². The van der Waals surface area contributed by atoms with E-state index in [-0.39, 0.29) is 52.1 Å². The van der Waals surface area contributed by atoms with Gasteiger partial charge in [0.25, 0.3) is 0 Å². The Balaban J connectivity index is -0.0000000600. The molecule has 0 unspecified atom stereocenters. The Morgan fingerprint density at radius 3 is 1.60 bits per heavy atom. The smallest absolute Gasteiger partial charge is 0.876 e. The number of ketones is 1. The van der Waals surface area contributed by atoms with Crippen molar-refractivity contribution in [3.8, 4) is 0 Å². The van der Waals surface area contributed by atoms with E-state index in [1.807, 2.05) is 0 Å². The van der Waals surface area contributed by atoms with E-state index in [9.17, 15) is 9.90 Å². The number of allylic oxidation sites excluding steroid dienone is 2. The number of rotatable bonds is 1. The van der Waals surface area contributed by atoms with Crippen LogP contribution in [-0.2, 0) is 4.79 Å². The summed E-state index contributed by atoms with van der Waals surface area (Å²) in [5, 5.41) is 9.98. The van der Waals surface area contributed by atoms with Gasteiger partial charge in [-0.1, -0.05) is 6.92 Å². The van der Waals surface area contributed by atoms with Crippen LogP contribution in [0.2, 0.25) is 0 Å². The van der Waals surface area contributed by atoms with Crippen molar-refractivity contribution in [1.82, 2.24) is 0 Å². The third-order valence-corrected chi connectivity index (χ3v) is 0.407. The van der Waals surface area contributed by atoms with Crippen molar-refractivity contribution in [3.63, 3.8) is 0 Å². The van der Waals surface area contributed by atoms with Gasteiger partial charge in [-0.15, -0.1) is 5.76 Å². The van der Waals surface area contributed by atoms with Crippen molar-refractivity contribution >= 4 is 5.78 Å². The summed E-state index contributed by atoms with van der Waals surface area (Å²) < 4.78 is 0. The van der Waals surface area contributed by atoms with Crippen LogP contribution in [0.15, 0.2) is 11.8 Å². The zero-order valence-electron chi connectivity index (χ0n) is 6.39. The van der Waals surface area contributed by atoms with E-state index >= 15 is 0 Å². The average Bonchev–Trinajstić information content (AvgIpc) is 1.27. The minimum atomic E-state index is -0.187. The molecule has 0 aliphatic rings. The van der Waals surface area contributed by atoms with Crippen LogP contribution in [0.3, 0.4) is 0 Å². The number of hydrogen-bond donors (Lipinski definition) is 0. The number of carbonyl (C=O) groups excluding carboxylic acids is 1. The van der Waals surface area contributed by atoms with Gasteiger partial charge in [0, 0.05) is 0 Å². The van der Waals surface area contributed by atoms with Gasteiger partial charge in [0.05, 0.1) is 0 Å². The van der Waals surface area contributed by atoms with Gasteiger partial charge in [0.15, 0.2) is 5.78 Å². The van der Waals surface area contributed by atoms with Crippen molar-refractivity contribution in [1.29, 1.82) is 0 Å². The molecule has 0 rings (SSSR count). The van der Waals surface area contributed by atoms with Gasteiger partial charge in [0.1, 0.15) is 0 Å². The molecule has 0 saturated heterocycles. The second-order valence-corrected chi connectivity index (χ2v) is 1.37. The molecule has 0 heterocycles. The van der Waals surface area contributed by atoms with Gasteiger partial charge >= 0.3 is 29.6 Å². The molecule has 5 heteroatoms. The standard InChI is InChI=1S/C5H8O2.Na.2H2O/c1-4(6)3-5(2)7;;;/h3,6H,1-2H3;;2*1H2/q;+1;;/p-1/b4-3+;;;. The molecule has 0 aromatic carbocycles. The monoisotopic (exact) mass is 158 g/mol. The molecule has 56 valence electrons. The third kappa shape index (κ3) is 24.2. The van der Waals surface area contributed by atoms with Crippen LogP contribution in [0.4, 0.5) is 0 Å². The molecule has 4 N–H and O–H groups in total. The van der Waals surface area contributed by atoms with Crippen LogP contribution in [0.5, 0.6) is 0 Å². The Bertz CT molecular complexity index is 106. The minimum absolute atomic E-state index is 0. The maximum absolute atomic E-state index is 9.98. The molecule has 0 aromatic rings. The molecular weight excluding hydrogens is 147 g/mol. The first-order valence-electron chi connectivity index (χ1n) is 1.99. The molecule has 0 aromatic heterocycles. The van der Waals surface area contributed by atoms with Gasteiger partial charge in [0.2, 0.25) is 0 Å². The quantitative estimate of drug-likeness (QED) is 0.217. The van der Waals surface area contributed by atoms with Crippen molar-refractivity contribution in [2.75, 3.05) is 0 Å². The van der Waals surface area contributed by atoms with Crippen molar-refractivity contribution in [3.05, 3.63) is 11.8 Å². The molecule has 0 aliphatic heterocycles. The summed E-state index contributed by atoms with van der Waals surface area (Å²) in [6.07, 6.45) is 1.06. The molecule has 0 spiro atoms. The van der Waals surface area contributed by atoms with Crippen LogP contribution >= 0.6 is 0 Å². The largest absolute Gasteiger partial charge is 1.00 e. The van der Waals surface area contributed by atoms with Gasteiger partial charge in [-0.2, -0.15) is 0 Å². The molecule has 0 saturated carbocycles. The molecule has 0 atom stereocenters. The van der Waals surface area contributed by atoms with Crippen LogP contribution in [0.1, 0.15) is 13.8 Å². The molecular formula is C5H11NaO4. The Morgan fingerprint density at radius 1 is 1.30 bits per heavy atom. The fourth-order valence-electron chi connectivity index (χ4n) is 0.286. The molecule has 0 radical (unpaired) electrons. The number of carbonyl (C=O) groups is 1. The SMILES string of the molecule is CC(=O)/C=C(\C)[O-].O.O.[Na+]. The summed E-state index contributed by atoms with van der Waals surface area (Å²) in [4.78, 5) is 9.98. The summed E-state index contributed by atoms with van der Waals surface area (Å²) in [5.41, 5.74) is 0. The third-order valence-electron chi connectivity index (χ3n) is 0.407.